The first-order valence-corrected chi connectivity index (χ1v) is 10.7. The van der Waals surface area contributed by atoms with Crippen molar-refractivity contribution >= 4 is 46.4 Å². The van der Waals surface area contributed by atoms with Gasteiger partial charge in [-0.2, -0.15) is 0 Å². The number of halogens is 2. The Labute approximate surface area is 199 Å². The van der Waals surface area contributed by atoms with Gasteiger partial charge in [-0.3, -0.25) is 14.4 Å². The summed E-state index contributed by atoms with van der Waals surface area (Å²) in [6, 6.07) is 18.7. The third kappa shape index (κ3) is 4.49. The van der Waals surface area contributed by atoms with Gasteiger partial charge in [0, 0.05) is 11.3 Å². The summed E-state index contributed by atoms with van der Waals surface area (Å²) in [5.41, 5.74) is 0.941. The predicted molar refractivity (Wildman–Crippen MR) is 127 cm³/mol. The van der Waals surface area contributed by atoms with Crippen LogP contribution in [0.25, 0.3) is 0 Å². The fourth-order valence-corrected chi connectivity index (χ4v) is 3.57. The van der Waals surface area contributed by atoms with E-state index in [1.54, 1.807) is 42.5 Å². The van der Waals surface area contributed by atoms with Gasteiger partial charge >= 0.3 is 0 Å². The van der Waals surface area contributed by atoms with Crippen LogP contribution in [0.2, 0.25) is 0 Å². The van der Waals surface area contributed by atoms with Gasteiger partial charge in [-0.15, -0.1) is 0 Å². The molecule has 34 heavy (non-hydrogen) atoms. The molecule has 0 aliphatic carbocycles. The lowest BCUT2D eigenvalue weighted by atomic mass is 10.1. The number of para-hydroxylation sites is 3. The van der Waals surface area contributed by atoms with Crippen LogP contribution in [0, 0.1) is 5.82 Å². The minimum atomic E-state index is -0.830. The van der Waals surface area contributed by atoms with Crippen LogP contribution in [0.1, 0.15) is 17.3 Å². The molecule has 0 aromatic heterocycles. The first-order chi connectivity index (χ1) is 16.4. The fraction of sp³-hybridized carbons (Fsp3) is 0.0800. The Morgan fingerprint density at radius 1 is 0.971 bits per heavy atom. The lowest BCUT2D eigenvalue weighted by molar-refractivity contribution is -0.120. The summed E-state index contributed by atoms with van der Waals surface area (Å²) in [4.78, 5) is 38.6. The second-order valence-corrected chi connectivity index (χ2v) is 7.55. The van der Waals surface area contributed by atoms with E-state index in [2.05, 4.69) is 10.6 Å². The van der Waals surface area contributed by atoms with Gasteiger partial charge in [0.05, 0.1) is 18.0 Å². The zero-order valence-corrected chi connectivity index (χ0v) is 18.7. The highest BCUT2D eigenvalue weighted by Crippen LogP contribution is 2.31. The van der Waals surface area contributed by atoms with Crippen molar-refractivity contribution in [1.82, 2.24) is 0 Å². The molecule has 172 valence electrons. The molecule has 0 unspecified atom stereocenters. The number of nitrogens with zero attached hydrogens (tertiary/aromatic N) is 1. The SMILES string of the molecule is CCOc1ccccc1NC(=O)c1ccc(NC2=C(Cl)C(=O)N(c3ccccc3F)C2=O)cc1. The second-order valence-electron chi connectivity index (χ2n) is 7.17. The minimum Gasteiger partial charge on any atom is -0.492 e. The number of nitrogens with one attached hydrogen (secondary N) is 2. The van der Waals surface area contributed by atoms with E-state index in [4.69, 9.17) is 16.3 Å². The third-order valence-corrected chi connectivity index (χ3v) is 5.32. The Morgan fingerprint density at radius 2 is 1.65 bits per heavy atom. The summed E-state index contributed by atoms with van der Waals surface area (Å²) in [7, 11) is 0. The molecular formula is C25H19ClFN3O4. The van der Waals surface area contributed by atoms with Crippen molar-refractivity contribution in [3.05, 3.63) is 94.9 Å². The predicted octanol–water partition coefficient (Wildman–Crippen LogP) is 4.91. The quantitative estimate of drug-likeness (QED) is 0.470. The average Bonchev–Trinajstić information content (AvgIpc) is 3.04. The van der Waals surface area contributed by atoms with Crippen LogP contribution >= 0.6 is 11.6 Å². The van der Waals surface area contributed by atoms with Crippen LogP contribution in [0.4, 0.5) is 21.5 Å². The van der Waals surface area contributed by atoms with Crippen molar-refractivity contribution in [2.24, 2.45) is 0 Å². The summed E-state index contributed by atoms with van der Waals surface area (Å²) in [5.74, 6) is -2.13. The number of amides is 3. The number of carbonyl (C=O) groups is 3. The molecule has 0 spiro atoms. The highest BCUT2D eigenvalue weighted by Gasteiger charge is 2.40. The highest BCUT2D eigenvalue weighted by molar-refractivity contribution is 6.53. The number of benzene rings is 3. The number of ether oxygens (including phenoxy) is 1. The Bertz CT molecular complexity index is 1310. The molecule has 1 heterocycles. The van der Waals surface area contributed by atoms with E-state index in [1.807, 2.05) is 13.0 Å². The van der Waals surface area contributed by atoms with E-state index in [0.29, 0.717) is 34.2 Å². The van der Waals surface area contributed by atoms with Crippen LogP contribution in [-0.2, 0) is 9.59 Å². The first-order valence-electron chi connectivity index (χ1n) is 10.3. The molecule has 1 aliphatic heterocycles. The monoisotopic (exact) mass is 479 g/mol. The van der Waals surface area contributed by atoms with Crippen molar-refractivity contribution in [1.29, 1.82) is 0 Å². The molecule has 1 aliphatic rings. The van der Waals surface area contributed by atoms with Crippen molar-refractivity contribution in [2.75, 3.05) is 22.1 Å². The van der Waals surface area contributed by atoms with E-state index in [0.717, 1.165) is 6.07 Å². The smallest absolute Gasteiger partial charge is 0.283 e. The molecule has 9 heteroatoms. The Hall–Kier alpha value is -4.17. The van der Waals surface area contributed by atoms with Crippen LogP contribution in [0.3, 0.4) is 0 Å². The lowest BCUT2D eigenvalue weighted by Gasteiger charge is -2.15. The van der Waals surface area contributed by atoms with Crippen LogP contribution in [0.5, 0.6) is 5.75 Å². The van der Waals surface area contributed by atoms with Gasteiger partial charge < -0.3 is 15.4 Å². The van der Waals surface area contributed by atoms with E-state index in [9.17, 15) is 18.8 Å². The fourth-order valence-electron chi connectivity index (χ4n) is 3.36. The zero-order valence-electron chi connectivity index (χ0n) is 18.0. The van der Waals surface area contributed by atoms with Crippen LogP contribution in [0.15, 0.2) is 83.5 Å². The molecule has 0 saturated heterocycles. The van der Waals surface area contributed by atoms with Gasteiger partial charge in [-0.25, -0.2) is 9.29 Å². The molecule has 0 fully saturated rings. The summed E-state index contributed by atoms with van der Waals surface area (Å²) < 4.78 is 19.7. The van der Waals surface area contributed by atoms with Gasteiger partial charge in [0.15, 0.2) is 0 Å². The molecule has 0 radical (unpaired) electrons. The Morgan fingerprint density at radius 3 is 2.35 bits per heavy atom. The van der Waals surface area contributed by atoms with Crippen molar-refractivity contribution in [3.8, 4) is 5.75 Å². The van der Waals surface area contributed by atoms with Crippen molar-refractivity contribution < 1.29 is 23.5 Å². The number of rotatable bonds is 7. The van der Waals surface area contributed by atoms with E-state index in [1.165, 1.54) is 18.2 Å². The molecule has 3 aromatic carbocycles. The van der Waals surface area contributed by atoms with Crippen LogP contribution < -0.4 is 20.3 Å². The van der Waals surface area contributed by atoms with Crippen molar-refractivity contribution in [3.63, 3.8) is 0 Å². The number of imide groups is 1. The molecule has 4 rings (SSSR count). The van der Waals surface area contributed by atoms with E-state index < -0.39 is 17.6 Å². The Balaban J connectivity index is 1.49. The topological polar surface area (TPSA) is 87.7 Å². The van der Waals surface area contributed by atoms with Crippen LogP contribution in [-0.4, -0.2) is 24.3 Å². The molecule has 3 aromatic rings. The first kappa shape index (κ1) is 23.0. The number of hydrogen-bond acceptors (Lipinski definition) is 5. The molecule has 2 N–H and O–H groups in total. The van der Waals surface area contributed by atoms with Gasteiger partial charge in [-0.1, -0.05) is 35.9 Å². The van der Waals surface area contributed by atoms with Gasteiger partial charge in [0.2, 0.25) is 0 Å². The summed E-state index contributed by atoms with van der Waals surface area (Å²) in [6.07, 6.45) is 0. The molecule has 3 amide bonds. The second kappa shape index (κ2) is 9.76. The molecule has 0 bridgehead atoms. The minimum absolute atomic E-state index is 0.183. The van der Waals surface area contributed by atoms with E-state index >= 15 is 0 Å². The summed E-state index contributed by atoms with van der Waals surface area (Å²) in [6.45, 7) is 2.31. The standard InChI is InChI=1S/C25H19ClFN3O4/c1-2-34-20-10-6-4-8-18(20)29-23(31)15-11-13-16(14-12-15)28-22-21(26)24(32)30(25(22)33)19-9-5-3-7-17(19)27/h3-14,28H,2H2,1H3,(H,29,31). The number of anilines is 3. The normalized spacial score (nSPS) is 13.3. The van der Waals surface area contributed by atoms with Gasteiger partial charge in [-0.05, 0) is 55.5 Å². The number of carbonyl (C=O) groups excluding carboxylic acids is 3. The lowest BCUT2D eigenvalue weighted by Crippen LogP contribution is -2.33. The highest BCUT2D eigenvalue weighted by atomic mass is 35.5. The van der Waals surface area contributed by atoms with Gasteiger partial charge in [0.25, 0.3) is 17.7 Å². The molecular weight excluding hydrogens is 461 g/mol. The Kier molecular flexibility index (Phi) is 6.60. The summed E-state index contributed by atoms with van der Waals surface area (Å²) >= 11 is 6.09. The van der Waals surface area contributed by atoms with E-state index in [-0.39, 0.29) is 22.3 Å². The molecule has 0 atom stereocenters. The molecule has 7 nitrogen and oxygen atoms in total. The number of hydrogen-bond donors (Lipinski definition) is 2. The third-order valence-electron chi connectivity index (χ3n) is 4.97. The zero-order chi connectivity index (χ0) is 24.2. The van der Waals surface area contributed by atoms with Crippen molar-refractivity contribution in [2.45, 2.75) is 6.92 Å². The largest absolute Gasteiger partial charge is 0.492 e. The summed E-state index contributed by atoms with van der Waals surface area (Å²) in [5, 5.41) is 5.23. The molecule has 0 saturated carbocycles. The average molecular weight is 480 g/mol. The maximum absolute atomic E-state index is 14.1. The van der Waals surface area contributed by atoms with Gasteiger partial charge in [0.1, 0.15) is 22.3 Å². The maximum Gasteiger partial charge on any atom is 0.283 e. The maximum atomic E-state index is 14.1.